The van der Waals surface area contributed by atoms with Crippen molar-refractivity contribution in [2.24, 2.45) is 0 Å². The Hall–Kier alpha value is -3.47. The minimum atomic E-state index is -4.71. The standard InChI is InChI=1S/C23H18F4N4O3/c24-14-4-10(23(25,26)27)5-18-19(14)20-17(34-18)2-1-3-31(20)22(32)15-6-11-12-8-33-9-13(12)21(28)30-16(11)7-29-15/h4-7,17,20H,1-3,8-9H2,(H2,28,30)/t17-,20+/m0/s1. The third kappa shape index (κ3) is 3.10. The Labute approximate surface area is 190 Å². The highest BCUT2D eigenvalue weighted by atomic mass is 19.4. The molecule has 0 aliphatic carbocycles. The fraction of sp³-hybridized carbons (Fsp3) is 0.348. The number of rotatable bonds is 1. The van der Waals surface area contributed by atoms with E-state index in [2.05, 4.69) is 9.97 Å². The van der Waals surface area contributed by atoms with Gasteiger partial charge in [0.05, 0.1) is 36.1 Å². The number of benzene rings is 1. The van der Waals surface area contributed by atoms with E-state index in [1.165, 1.54) is 11.1 Å². The van der Waals surface area contributed by atoms with Crippen molar-refractivity contribution >= 4 is 22.6 Å². The minimum Gasteiger partial charge on any atom is -0.487 e. The number of nitrogens with two attached hydrogens (primary N) is 1. The molecule has 1 saturated heterocycles. The molecule has 1 aromatic carbocycles. The highest BCUT2D eigenvalue weighted by Gasteiger charge is 2.46. The Morgan fingerprint density at radius 2 is 1.97 bits per heavy atom. The summed E-state index contributed by atoms with van der Waals surface area (Å²) in [5.74, 6) is -1.33. The number of carbonyl (C=O) groups is 1. The van der Waals surface area contributed by atoms with Crippen LogP contribution in [0.25, 0.3) is 10.9 Å². The number of aromatic nitrogens is 2. The smallest absolute Gasteiger partial charge is 0.416 e. The second-order valence-corrected chi connectivity index (χ2v) is 8.64. The molecule has 2 N–H and O–H groups in total. The van der Waals surface area contributed by atoms with E-state index in [1.807, 2.05) is 0 Å². The zero-order valence-electron chi connectivity index (χ0n) is 17.7. The predicted octanol–water partition coefficient (Wildman–Crippen LogP) is 4.14. The van der Waals surface area contributed by atoms with Crippen LogP contribution in [0.5, 0.6) is 5.75 Å². The maximum atomic E-state index is 14.9. The number of halogens is 4. The monoisotopic (exact) mass is 474 g/mol. The van der Waals surface area contributed by atoms with Gasteiger partial charge in [0.25, 0.3) is 5.91 Å². The fourth-order valence-electron chi connectivity index (χ4n) is 5.10. The second kappa shape index (κ2) is 7.26. The molecule has 7 nitrogen and oxygen atoms in total. The van der Waals surface area contributed by atoms with Crippen molar-refractivity contribution < 1.29 is 31.8 Å². The molecule has 3 aromatic rings. The molecule has 0 bridgehead atoms. The van der Waals surface area contributed by atoms with Crippen LogP contribution in [0, 0.1) is 5.82 Å². The molecular weight excluding hydrogens is 456 g/mol. The summed E-state index contributed by atoms with van der Waals surface area (Å²) >= 11 is 0. The molecule has 1 amide bonds. The molecule has 1 fully saturated rings. The Morgan fingerprint density at radius 1 is 1.18 bits per heavy atom. The van der Waals surface area contributed by atoms with Crippen LogP contribution in [0.15, 0.2) is 24.4 Å². The van der Waals surface area contributed by atoms with Crippen LogP contribution in [0.4, 0.5) is 23.4 Å². The van der Waals surface area contributed by atoms with E-state index < -0.39 is 35.6 Å². The zero-order valence-corrected chi connectivity index (χ0v) is 17.7. The molecule has 5 heterocycles. The van der Waals surface area contributed by atoms with E-state index in [9.17, 15) is 22.4 Å². The third-order valence-corrected chi connectivity index (χ3v) is 6.66. The van der Waals surface area contributed by atoms with E-state index in [0.717, 1.165) is 17.2 Å². The van der Waals surface area contributed by atoms with E-state index in [1.54, 1.807) is 6.07 Å². The summed E-state index contributed by atoms with van der Waals surface area (Å²) in [4.78, 5) is 23.6. The van der Waals surface area contributed by atoms with Gasteiger partial charge in [0.1, 0.15) is 35.2 Å². The average molecular weight is 474 g/mol. The summed E-state index contributed by atoms with van der Waals surface area (Å²) in [6.07, 6.45) is -2.84. The number of alkyl halides is 3. The summed E-state index contributed by atoms with van der Waals surface area (Å²) in [5.41, 5.74) is 7.10. The Balaban J connectivity index is 1.40. The van der Waals surface area contributed by atoms with Crippen molar-refractivity contribution in [3.05, 3.63) is 58.2 Å². The van der Waals surface area contributed by atoms with E-state index >= 15 is 0 Å². The van der Waals surface area contributed by atoms with Gasteiger partial charge in [-0.1, -0.05) is 0 Å². The number of pyridine rings is 2. The van der Waals surface area contributed by atoms with Crippen LogP contribution in [-0.4, -0.2) is 33.4 Å². The van der Waals surface area contributed by atoms with Gasteiger partial charge >= 0.3 is 6.18 Å². The normalized spacial score (nSPS) is 21.2. The third-order valence-electron chi connectivity index (χ3n) is 6.66. The van der Waals surface area contributed by atoms with Gasteiger partial charge in [0, 0.05) is 17.5 Å². The molecule has 0 unspecified atom stereocenters. The second-order valence-electron chi connectivity index (χ2n) is 8.64. The zero-order chi connectivity index (χ0) is 23.8. The summed E-state index contributed by atoms with van der Waals surface area (Å²) in [6.45, 7) is 0.960. The van der Waals surface area contributed by atoms with Crippen molar-refractivity contribution in [3.8, 4) is 5.75 Å². The van der Waals surface area contributed by atoms with Crippen molar-refractivity contribution in [1.29, 1.82) is 0 Å². The lowest BCUT2D eigenvalue weighted by molar-refractivity contribution is -0.137. The van der Waals surface area contributed by atoms with Crippen LogP contribution >= 0.6 is 0 Å². The van der Waals surface area contributed by atoms with E-state index in [4.69, 9.17) is 15.2 Å². The molecule has 11 heteroatoms. The van der Waals surface area contributed by atoms with Crippen LogP contribution in [0.3, 0.4) is 0 Å². The molecule has 6 rings (SSSR count). The van der Waals surface area contributed by atoms with E-state index in [-0.39, 0.29) is 17.0 Å². The number of fused-ring (bicyclic) bond motifs is 6. The van der Waals surface area contributed by atoms with Gasteiger partial charge < -0.3 is 20.1 Å². The number of anilines is 1. The van der Waals surface area contributed by atoms with E-state index in [0.29, 0.717) is 55.4 Å². The van der Waals surface area contributed by atoms with Crippen LogP contribution in [0.1, 0.15) is 51.6 Å². The molecule has 0 spiro atoms. The number of hydrogen-bond donors (Lipinski definition) is 1. The van der Waals surface area contributed by atoms with Crippen molar-refractivity contribution in [2.45, 2.75) is 44.4 Å². The first kappa shape index (κ1) is 21.1. The quantitative estimate of drug-likeness (QED) is 0.534. The lowest BCUT2D eigenvalue weighted by Gasteiger charge is -2.36. The van der Waals surface area contributed by atoms with Crippen molar-refractivity contribution in [3.63, 3.8) is 0 Å². The number of piperidine rings is 1. The van der Waals surface area contributed by atoms with Crippen LogP contribution < -0.4 is 10.5 Å². The van der Waals surface area contributed by atoms with Gasteiger partial charge in [-0.3, -0.25) is 4.79 Å². The van der Waals surface area contributed by atoms with Gasteiger partial charge in [-0.25, -0.2) is 14.4 Å². The Kier molecular flexibility index (Phi) is 4.50. The molecular formula is C23H18F4N4O3. The SMILES string of the molecule is Nc1nc2cnc(C(=O)N3CCC[C@@H]4Oc5cc(C(F)(F)F)cc(F)c5[C@@H]43)cc2c2c1COC2. The number of ether oxygens (including phenoxy) is 2. The highest BCUT2D eigenvalue weighted by molar-refractivity contribution is 5.97. The molecule has 0 radical (unpaired) electrons. The van der Waals surface area contributed by atoms with Gasteiger partial charge in [-0.05, 0) is 36.6 Å². The summed E-state index contributed by atoms with van der Waals surface area (Å²) < 4.78 is 65.6. The van der Waals surface area contributed by atoms with Crippen molar-refractivity contribution in [1.82, 2.24) is 14.9 Å². The summed E-state index contributed by atoms with van der Waals surface area (Å²) in [6, 6.07) is 2.03. The van der Waals surface area contributed by atoms with Gasteiger partial charge in [-0.2, -0.15) is 13.2 Å². The number of nitrogens with zero attached hydrogens (tertiary/aromatic N) is 3. The number of amides is 1. The maximum Gasteiger partial charge on any atom is 0.416 e. The summed E-state index contributed by atoms with van der Waals surface area (Å²) in [7, 11) is 0. The predicted molar refractivity (Wildman–Crippen MR) is 111 cm³/mol. The highest BCUT2D eigenvalue weighted by Crippen LogP contribution is 2.48. The minimum absolute atomic E-state index is 0.0319. The van der Waals surface area contributed by atoms with Crippen LogP contribution in [-0.2, 0) is 24.1 Å². The number of nitrogen functional groups attached to an aromatic ring is 1. The number of carbonyl (C=O) groups excluding carboxylic acids is 1. The van der Waals surface area contributed by atoms with Gasteiger partial charge in [0.2, 0.25) is 0 Å². The lowest BCUT2D eigenvalue weighted by atomic mass is 9.93. The Bertz CT molecular complexity index is 1360. The average Bonchev–Trinajstić information content (AvgIpc) is 3.43. The largest absolute Gasteiger partial charge is 0.487 e. The fourth-order valence-corrected chi connectivity index (χ4v) is 5.10. The topological polar surface area (TPSA) is 90.6 Å². The summed E-state index contributed by atoms with van der Waals surface area (Å²) in [5, 5.41) is 0.692. The Morgan fingerprint density at radius 3 is 2.76 bits per heavy atom. The number of hydrogen-bond acceptors (Lipinski definition) is 6. The lowest BCUT2D eigenvalue weighted by Crippen LogP contribution is -2.45. The molecule has 3 aliphatic rings. The molecule has 34 heavy (non-hydrogen) atoms. The molecule has 2 atom stereocenters. The maximum absolute atomic E-state index is 14.9. The molecule has 176 valence electrons. The molecule has 3 aliphatic heterocycles. The molecule has 0 saturated carbocycles. The first-order valence-electron chi connectivity index (χ1n) is 10.8. The van der Waals surface area contributed by atoms with Crippen molar-refractivity contribution in [2.75, 3.05) is 12.3 Å². The van der Waals surface area contributed by atoms with Gasteiger partial charge in [0.15, 0.2) is 0 Å². The first-order valence-corrected chi connectivity index (χ1v) is 10.8. The van der Waals surface area contributed by atoms with Crippen LogP contribution in [0.2, 0.25) is 0 Å². The van der Waals surface area contributed by atoms with Gasteiger partial charge in [-0.15, -0.1) is 0 Å². The first-order chi connectivity index (χ1) is 16.2. The molecule has 2 aromatic heterocycles. The number of likely N-dealkylation sites (tertiary alicyclic amines) is 1.